The molecule has 0 aromatic heterocycles. The summed E-state index contributed by atoms with van der Waals surface area (Å²) in [7, 11) is 0. The lowest BCUT2D eigenvalue weighted by atomic mass is 10.4. The van der Waals surface area contributed by atoms with E-state index in [1.165, 1.54) is 0 Å². The highest BCUT2D eigenvalue weighted by Gasteiger charge is 2.01. The average Bonchev–Trinajstić information content (AvgIpc) is 1.58. The van der Waals surface area contributed by atoms with Gasteiger partial charge >= 0.3 is 5.96 Å². The summed E-state index contributed by atoms with van der Waals surface area (Å²) in [5, 5.41) is 3.06. The molecule has 4 N–H and O–H groups in total. The first-order valence-electron chi connectivity index (χ1n) is 3.68. The highest BCUT2D eigenvalue weighted by Crippen LogP contribution is 1.70. The first kappa shape index (κ1) is 9.27. The van der Waals surface area contributed by atoms with E-state index in [0.29, 0.717) is 18.0 Å². The largest absolute Gasteiger partial charge is 0.341 e. The molecule has 0 heterocycles. The van der Waals surface area contributed by atoms with E-state index < -0.39 is 0 Å². The Hall–Kier alpha value is -0.730. The van der Waals surface area contributed by atoms with E-state index in [0.717, 1.165) is 0 Å². The van der Waals surface area contributed by atoms with Crippen LogP contribution in [0, 0.1) is 0 Å². The molecule has 0 aromatic rings. The van der Waals surface area contributed by atoms with Crippen molar-refractivity contribution in [2.24, 2.45) is 5.73 Å². The molecule has 3 heteroatoms. The van der Waals surface area contributed by atoms with Gasteiger partial charge in [0.05, 0.1) is 12.1 Å². The quantitative estimate of drug-likeness (QED) is 0.336. The third-order valence-electron chi connectivity index (χ3n) is 0.888. The van der Waals surface area contributed by atoms with Crippen LogP contribution in [-0.2, 0) is 0 Å². The molecule has 0 saturated heterocycles. The van der Waals surface area contributed by atoms with Gasteiger partial charge in [-0.3, -0.25) is 16.0 Å². The lowest BCUT2D eigenvalue weighted by molar-refractivity contribution is -0.496. The van der Waals surface area contributed by atoms with Crippen LogP contribution in [0.3, 0.4) is 0 Å². The number of nitrogens with two attached hydrogens (primary N) is 1. The molecular formula is C7H18N3+. The van der Waals surface area contributed by atoms with Crippen LogP contribution < -0.4 is 16.0 Å². The molecule has 0 radical (unpaired) electrons. The van der Waals surface area contributed by atoms with Gasteiger partial charge < -0.3 is 0 Å². The van der Waals surface area contributed by atoms with Crippen molar-refractivity contribution >= 4 is 5.96 Å². The molecule has 0 aliphatic rings. The zero-order valence-corrected chi connectivity index (χ0v) is 7.23. The van der Waals surface area contributed by atoms with Crippen LogP contribution in [0.5, 0.6) is 0 Å². The third kappa shape index (κ3) is 5.41. The lowest BCUT2D eigenvalue weighted by Crippen LogP contribution is -2.83. The molecule has 0 aromatic carbocycles. The van der Waals surface area contributed by atoms with Crippen LogP contribution >= 0.6 is 0 Å². The van der Waals surface area contributed by atoms with Crippen molar-refractivity contribution in [1.29, 1.82) is 0 Å². The molecule has 0 bridgehead atoms. The smallest absolute Gasteiger partial charge is 0.291 e. The van der Waals surface area contributed by atoms with Gasteiger partial charge in [-0.25, -0.2) is 0 Å². The predicted molar refractivity (Wildman–Crippen MR) is 43.6 cm³/mol. The van der Waals surface area contributed by atoms with E-state index in [1.54, 1.807) is 0 Å². The number of guanidine groups is 1. The van der Waals surface area contributed by atoms with E-state index in [-0.39, 0.29) is 0 Å². The first-order chi connectivity index (χ1) is 4.52. The Morgan fingerprint density at radius 2 is 1.80 bits per heavy atom. The summed E-state index contributed by atoms with van der Waals surface area (Å²) in [6.07, 6.45) is 0. The van der Waals surface area contributed by atoms with E-state index in [2.05, 4.69) is 38.0 Å². The van der Waals surface area contributed by atoms with Crippen LogP contribution in [0.2, 0.25) is 0 Å². The Kier molecular flexibility index (Phi) is 3.84. The Balaban J connectivity index is 3.71. The number of hydrogen-bond acceptors (Lipinski definition) is 0. The summed E-state index contributed by atoms with van der Waals surface area (Å²) in [6, 6.07) is 0.789. The van der Waals surface area contributed by atoms with Crippen molar-refractivity contribution < 1.29 is 4.99 Å². The van der Waals surface area contributed by atoms with Gasteiger partial charge in [0.15, 0.2) is 0 Å². The maximum atomic E-state index is 5.57. The van der Waals surface area contributed by atoms with E-state index >= 15 is 0 Å². The molecule has 0 aliphatic carbocycles. The molecule has 10 heavy (non-hydrogen) atoms. The number of nitrogens with one attached hydrogen (secondary N) is 2. The van der Waals surface area contributed by atoms with Crippen LogP contribution in [0.15, 0.2) is 0 Å². The Labute approximate surface area is 62.7 Å². The number of hydrogen-bond donors (Lipinski definition) is 3. The standard InChI is InChI=1S/C7H17N3/c1-5(2)9-7(8)10-6(3)4/h5-6H,1-4H3,(H3,8,9,10)/p+1. The van der Waals surface area contributed by atoms with Gasteiger partial charge in [0.1, 0.15) is 0 Å². The van der Waals surface area contributed by atoms with Crippen LogP contribution in [0.1, 0.15) is 27.7 Å². The zero-order valence-electron chi connectivity index (χ0n) is 7.23. The second-order valence-corrected chi connectivity index (χ2v) is 3.01. The second-order valence-electron chi connectivity index (χ2n) is 3.01. The van der Waals surface area contributed by atoms with Crippen molar-refractivity contribution in [2.45, 2.75) is 39.8 Å². The third-order valence-corrected chi connectivity index (χ3v) is 0.888. The van der Waals surface area contributed by atoms with Gasteiger partial charge in [0, 0.05) is 0 Å². The van der Waals surface area contributed by atoms with E-state index in [4.69, 9.17) is 5.73 Å². The first-order valence-corrected chi connectivity index (χ1v) is 3.68. The molecule has 0 rings (SSSR count). The molecule has 0 unspecified atom stereocenters. The van der Waals surface area contributed by atoms with Crippen LogP contribution in [-0.4, -0.2) is 18.0 Å². The van der Waals surface area contributed by atoms with Crippen molar-refractivity contribution in [3.63, 3.8) is 0 Å². The van der Waals surface area contributed by atoms with Gasteiger partial charge in [-0.05, 0) is 27.7 Å². The maximum absolute atomic E-state index is 5.57. The molecule has 0 aliphatic heterocycles. The summed E-state index contributed by atoms with van der Waals surface area (Å²) in [6.45, 7) is 8.20. The average molecular weight is 144 g/mol. The van der Waals surface area contributed by atoms with Crippen molar-refractivity contribution in [3.05, 3.63) is 0 Å². The summed E-state index contributed by atoms with van der Waals surface area (Å²) < 4.78 is 0. The topological polar surface area (TPSA) is 52.0 Å². The highest BCUT2D eigenvalue weighted by atomic mass is 15.1. The summed E-state index contributed by atoms with van der Waals surface area (Å²) in [5.41, 5.74) is 5.57. The SMILES string of the molecule is CC(C)NC(N)=[NH+]C(C)C. The van der Waals surface area contributed by atoms with Gasteiger partial charge in [-0.1, -0.05) is 0 Å². The van der Waals surface area contributed by atoms with Gasteiger partial charge in [0.2, 0.25) is 0 Å². The second kappa shape index (κ2) is 4.14. The fourth-order valence-corrected chi connectivity index (χ4v) is 0.664. The van der Waals surface area contributed by atoms with Crippen molar-refractivity contribution in [3.8, 4) is 0 Å². The zero-order chi connectivity index (χ0) is 8.15. The minimum absolute atomic E-state index is 0.395. The lowest BCUT2D eigenvalue weighted by Gasteiger charge is -2.03. The monoisotopic (exact) mass is 144 g/mol. The van der Waals surface area contributed by atoms with E-state index in [9.17, 15) is 0 Å². The molecular weight excluding hydrogens is 126 g/mol. The molecule has 0 amide bonds. The van der Waals surface area contributed by atoms with E-state index in [1.807, 2.05) is 0 Å². The van der Waals surface area contributed by atoms with Crippen LogP contribution in [0.25, 0.3) is 0 Å². The Morgan fingerprint density at radius 1 is 1.30 bits per heavy atom. The molecule has 0 spiro atoms. The number of rotatable bonds is 2. The van der Waals surface area contributed by atoms with Crippen molar-refractivity contribution in [2.75, 3.05) is 0 Å². The summed E-state index contributed by atoms with van der Waals surface area (Å²) >= 11 is 0. The molecule has 0 saturated carbocycles. The fourth-order valence-electron chi connectivity index (χ4n) is 0.664. The fraction of sp³-hybridized carbons (Fsp3) is 0.857. The molecule has 3 nitrogen and oxygen atoms in total. The summed E-state index contributed by atoms with van der Waals surface area (Å²) in [4.78, 5) is 3.06. The molecule has 0 atom stereocenters. The van der Waals surface area contributed by atoms with Gasteiger partial charge in [-0.15, -0.1) is 0 Å². The highest BCUT2D eigenvalue weighted by molar-refractivity contribution is 5.71. The normalized spacial score (nSPS) is 12.8. The van der Waals surface area contributed by atoms with Crippen LogP contribution in [0.4, 0.5) is 0 Å². The van der Waals surface area contributed by atoms with Gasteiger partial charge in [0.25, 0.3) is 0 Å². The Bertz CT molecular complexity index is 116. The minimum atomic E-state index is 0.395. The maximum Gasteiger partial charge on any atom is 0.341 e. The van der Waals surface area contributed by atoms with Crippen molar-refractivity contribution in [1.82, 2.24) is 5.32 Å². The minimum Gasteiger partial charge on any atom is -0.291 e. The predicted octanol–water partition coefficient (Wildman–Crippen LogP) is -1.21. The summed E-state index contributed by atoms with van der Waals surface area (Å²) in [5.74, 6) is 0.657. The molecule has 0 fully saturated rings. The molecule has 60 valence electrons. The van der Waals surface area contributed by atoms with Gasteiger partial charge in [-0.2, -0.15) is 0 Å². The Morgan fingerprint density at radius 3 is 2.10 bits per heavy atom.